The summed E-state index contributed by atoms with van der Waals surface area (Å²) < 4.78 is 25.0. The molecule has 0 bridgehead atoms. The smallest absolute Gasteiger partial charge is 0.235 e. The van der Waals surface area contributed by atoms with Crippen LogP contribution in [0.4, 0.5) is 0 Å². The van der Waals surface area contributed by atoms with E-state index in [9.17, 15) is 13.2 Å². The van der Waals surface area contributed by atoms with Crippen LogP contribution in [0.1, 0.15) is 19.4 Å². The van der Waals surface area contributed by atoms with E-state index >= 15 is 0 Å². The van der Waals surface area contributed by atoms with Crippen LogP contribution in [0.15, 0.2) is 30.5 Å². The fourth-order valence-corrected chi connectivity index (χ4v) is 3.25. The molecule has 1 aromatic carbocycles. The molecule has 126 valence electrons. The number of rotatable bonds is 7. The number of hydrogen-bond donors (Lipinski definition) is 2. The van der Waals surface area contributed by atoms with Crippen molar-refractivity contribution >= 4 is 26.8 Å². The van der Waals surface area contributed by atoms with E-state index in [0.29, 0.717) is 6.42 Å². The molecule has 0 aliphatic carbocycles. The average molecular weight is 337 g/mol. The van der Waals surface area contributed by atoms with Gasteiger partial charge < -0.3 is 10.3 Å². The lowest BCUT2D eigenvalue weighted by Gasteiger charge is -2.20. The molecule has 0 radical (unpaired) electrons. The van der Waals surface area contributed by atoms with E-state index in [1.165, 1.54) is 4.31 Å². The Morgan fingerprint density at radius 1 is 1.30 bits per heavy atom. The topological polar surface area (TPSA) is 82.3 Å². The molecule has 0 aliphatic rings. The number of carbonyl (C=O) groups is 1. The van der Waals surface area contributed by atoms with E-state index in [1.807, 2.05) is 44.3 Å². The van der Waals surface area contributed by atoms with Crippen molar-refractivity contribution in [1.29, 1.82) is 0 Å². The van der Waals surface area contributed by atoms with Gasteiger partial charge >= 0.3 is 0 Å². The number of aromatic nitrogens is 1. The number of hydrogen-bond acceptors (Lipinski definition) is 3. The first-order chi connectivity index (χ1) is 10.8. The Morgan fingerprint density at radius 3 is 2.65 bits per heavy atom. The molecule has 0 saturated heterocycles. The third-order valence-electron chi connectivity index (χ3n) is 3.54. The summed E-state index contributed by atoms with van der Waals surface area (Å²) in [5, 5.41) is 3.79. The molecule has 6 nitrogen and oxygen atoms in total. The van der Waals surface area contributed by atoms with Gasteiger partial charge in [0.2, 0.25) is 15.9 Å². The minimum atomic E-state index is -3.44. The summed E-state index contributed by atoms with van der Waals surface area (Å²) in [6.07, 6.45) is 3.57. The monoisotopic (exact) mass is 337 g/mol. The fourth-order valence-electron chi connectivity index (χ4n) is 2.47. The largest absolute Gasteiger partial charge is 0.361 e. The van der Waals surface area contributed by atoms with Gasteiger partial charge in [0.15, 0.2) is 0 Å². The average Bonchev–Trinajstić information content (AvgIpc) is 2.84. The predicted molar refractivity (Wildman–Crippen MR) is 91.7 cm³/mol. The van der Waals surface area contributed by atoms with Crippen LogP contribution in [0.25, 0.3) is 10.9 Å². The Labute approximate surface area is 136 Å². The maximum Gasteiger partial charge on any atom is 0.235 e. The Morgan fingerprint density at radius 2 is 2.00 bits per heavy atom. The normalized spacial score (nSPS) is 12.2. The van der Waals surface area contributed by atoms with Crippen LogP contribution in [0.3, 0.4) is 0 Å². The van der Waals surface area contributed by atoms with Crippen LogP contribution in [0, 0.1) is 0 Å². The zero-order chi connectivity index (χ0) is 17.0. The zero-order valence-corrected chi connectivity index (χ0v) is 14.5. The Bertz CT molecular complexity index is 781. The van der Waals surface area contributed by atoms with Crippen molar-refractivity contribution in [3.8, 4) is 0 Å². The van der Waals surface area contributed by atoms with Gasteiger partial charge in [-0.3, -0.25) is 4.79 Å². The molecule has 2 N–H and O–H groups in total. The second kappa shape index (κ2) is 7.14. The summed E-state index contributed by atoms with van der Waals surface area (Å²) in [5.41, 5.74) is 2.06. The number of benzene rings is 1. The number of H-pyrrole nitrogens is 1. The summed E-state index contributed by atoms with van der Waals surface area (Å²) in [6.45, 7) is 3.80. The number of nitrogens with one attached hydrogen (secondary N) is 2. The highest BCUT2D eigenvalue weighted by Crippen LogP contribution is 2.18. The fraction of sp³-hybridized carbons (Fsp3) is 0.438. The van der Waals surface area contributed by atoms with Gasteiger partial charge in [0.1, 0.15) is 0 Å². The molecule has 0 atom stereocenters. The lowest BCUT2D eigenvalue weighted by atomic mass is 10.1. The maximum absolute atomic E-state index is 11.9. The minimum Gasteiger partial charge on any atom is -0.361 e. The number of para-hydroxylation sites is 1. The molecular formula is C16H23N3O3S. The number of aromatic amines is 1. The van der Waals surface area contributed by atoms with Crippen LogP contribution < -0.4 is 5.32 Å². The van der Waals surface area contributed by atoms with Gasteiger partial charge in [0.05, 0.1) is 12.8 Å². The molecular weight excluding hydrogens is 314 g/mol. The number of fused-ring (bicyclic) bond motifs is 1. The van der Waals surface area contributed by atoms with Crippen molar-refractivity contribution in [3.05, 3.63) is 36.0 Å². The molecule has 0 unspecified atom stereocenters. The highest BCUT2D eigenvalue weighted by Gasteiger charge is 2.20. The third kappa shape index (κ3) is 4.80. The van der Waals surface area contributed by atoms with E-state index in [1.54, 1.807) is 0 Å². The molecule has 0 aliphatic heterocycles. The molecule has 1 heterocycles. The quantitative estimate of drug-likeness (QED) is 0.803. The van der Waals surface area contributed by atoms with Crippen LogP contribution in [-0.2, 0) is 21.2 Å². The number of carbonyl (C=O) groups excluding carboxylic acids is 1. The van der Waals surface area contributed by atoms with Crippen molar-refractivity contribution in [2.45, 2.75) is 26.3 Å². The second-order valence-electron chi connectivity index (χ2n) is 5.93. The first-order valence-corrected chi connectivity index (χ1v) is 9.41. The standard InChI is InChI=1S/C16H23N3O3S/c1-12(2)18-16(20)11-19(23(3,21)22)9-8-13-10-17-15-7-5-4-6-14(13)15/h4-7,10,12,17H,8-9,11H2,1-3H3,(H,18,20). The number of sulfonamides is 1. The predicted octanol–water partition coefficient (Wildman–Crippen LogP) is 1.50. The number of nitrogens with zero attached hydrogens (tertiary/aromatic N) is 1. The summed E-state index contributed by atoms with van der Waals surface area (Å²) in [6, 6.07) is 7.85. The first kappa shape index (κ1) is 17.5. The SMILES string of the molecule is CC(C)NC(=O)CN(CCc1c[nH]c2ccccc12)S(C)(=O)=O. The van der Waals surface area contributed by atoms with Gasteiger partial charge in [-0.1, -0.05) is 18.2 Å². The van der Waals surface area contributed by atoms with Gasteiger partial charge in [-0.05, 0) is 31.9 Å². The van der Waals surface area contributed by atoms with Crippen LogP contribution in [0.5, 0.6) is 0 Å². The summed E-state index contributed by atoms with van der Waals surface area (Å²) in [7, 11) is -3.44. The molecule has 0 saturated carbocycles. The highest BCUT2D eigenvalue weighted by molar-refractivity contribution is 7.88. The van der Waals surface area contributed by atoms with Crippen molar-refractivity contribution < 1.29 is 13.2 Å². The van der Waals surface area contributed by atoms with Crippen LogP contribution >= 0.6 is 0 Å². The first-order valence-electron chi connectivity index (χ1n) is 7.57. The summed E-state index contributed by atoms with van der Waals surface area (Å²) in [5.74, 6) is -0.288. The Kier molecular flexibility index (Phi) is 5.43. The molecule has 1 amide bonds. The minimum absolute atomic E-state index is 0.0162. The van der Waals surface area contributed by atoms with E-state index < -0.39 is 10.0 Å². The van der Waals surface area contributed by atoms with E-state index in [2.05, 4.69) is 10.3 Å². The second-order valence-corrected chi connectivity index (χ2v) is 7.91. The van der Waals surface area contributed by atoms with E-state index in [-0.39, 0.29) is 25.0 Å². The molecule has 2 aromatic rings. The lowest BCUT2D eigenvalue weighted by molar-refractivity contribution is -0.121. The van der Waals surface area contributed by atoms with Crippen molar-refractivity contribution in [3.63, 3.8) is 0 Å². The molecule has 7 heteroatoms. The van der Waals surface area contributed by atoms with Crippen LogP contribution in [-0.4, -0.2) is 49.0 Å². The van der Waals surface area contributed by atoms with Gasteiger partial charge in [-0.15, -0.1) is 0 Å². The number of amides is 1. The molecule has 0 fully saturated rings. The van der Waals surface area contributed by atoms with Gasteiger partial charge in [0.25, 0.3) is 0 Å². The molecule has 23 heavy (non-hydrogen) atoms. The van der Waals surface area contributed by atoms with Crippen molar-refractivity contribution in [2.75, 3.05) is 19.3 Å². The Balaban J connectivity index is 2.08. The van der Waals surface area contributed by atoms with Crippen LogP contribution in [0.2, 0.25) is 0 Å². The summed E-state index contributed by atoms with van der Waals surface area (Å²) in [4.78, 5) is 15.0. The molecule has 1 aromatic heterocycles. The van der Waals surface area contributed by atoms with Gasteiger partial charge in [0, 0.05) is 29.7 Å². The van der Waals surface area contributed by atoms with E-state index in [0.717, 1.165) is 22.7 Å². The highest BCUT2D eigenvalue weighted by atomic mass is 32.2. The van der Waals surface area contributed by atoms with Crippen molar-refractivity contribution in [1.82, 2.24) is 14.6 Å². The molecule has 0 spiro atoms. The van der Waals surface area contributed by atoms with E-state index in [4.69, 9.17) is 0 Å². The summed E-state index contributed by atoms with van der Waals surface area (Å²) >= 11 is 0. The zero-order valence-electron chi connectivity index (χ0n) is 13.7. The van der Waals surface area contributed by atoms with Gasteiger partial charge in [-0.2, -0.15) is 4.31 Å². The molecule has 2 rings (SSSR count). The van der Waals surface area contributed by atoms with Crippen molar-refractivity contribution in [2.24, 2.45) is 0 Å². The lowest BCUT2D eigenvalue weighted by Crippen LogP contribution is -2.43. The third-order valence-corrected chi connectivity index (χ3v) is 4.79. The maximum atomic E-state index is 11.9. The van der Waals surface area contributed by atoms with Gasteiger partial charge in [-0.25, -0.2) is 8.42 Å². The Hall–Kier alpha value is -1.86.